The Bertz CT molecular complexity index is 1000. The molecule has 29 heavy (non-hydrogen) atoms. The minimum absolute atomic E-state index is 0.0266. The number of fused-ring (bicyclic) bond motifs is 2. The van der Waals surface area contributed by atoms with Crippen molar-refractivity contribution in [1.82, 2.24) is 20.2 Å². The summed E-state index contributed by atoms with van der Waals surface area (Å²) >= 11 is 1.59. The third-order valence-corrected chi connectivity index (χ3v) is 6.92. The first kappa shape index (κ1) is 18.6. The monoisotopic (exact) mass is 411 g/mol. The van der Waals surface area contributed by atoms with Crippen molar-refractivity contribution in [2.75, 3.05) is 31.5 Å². The smallest absolute Gasteiger partial charge is 0.270 e. The van der Waals surface area contributed by atoms with E-state index in [4.69, 9.17) is 4.98 Å². The molecule has 7 nitrogen and oxygen atoms in total. The van der Waals surface area contributed by atoms with Gasteiger partial charge in [0.05, 0.1) is 17.8 Å². The number of carbonyl (C=O) groups is 1. The molecule has 0 saturated carbocycles. The number of aliphatic hydroxyl groups is 1. The lowest BCUT2D eigenvalue weighted by atomic mass is 9.92. The molecule has 0 radical (unpaired) electrons. The lowest BCUT2D eigenvalue weighted by Gasteiger charge is -2.32. The fourth-order valence-corrected chi connectivity index (χ4v) is 5.13. The van der Waals surface area contributed by atoms with Gasteiger partial charge in [-0.15, -0.1) is 0 Å². The van der Waals surface area contributed by atoms with Gasteiger partial charge in [-0.05, 0) is 38.1 Å². The summed E-state index contributed by atoms with van der Waals surface area (Å²) in [5.74, 6) is 0.0266. The normalized spacial score (nSPS) is 18.6. The van der Waals surface area contributed by atoms with E-state index in [1.807, 2.05) is 35.2 Å². The zero-order valence-electron chi connectivity index (χ0n) is 16.2. The van der Waals surface area contributed by atoms with Gasteiger partial charge in [0, 0.05) is 35.3 Å². The van der Waals surface area contributed by atoms with Gasteiger partial charge in [0.25, 0.3) is 5.91 Å². The molecule has 4 N–H and O–H groups in total. The Labute approximate surface area is 173 Å². The van der Waals surface area contributed by atoms with Gasteiger partial charge in [0.1, 0.15) is 5.69 Å². The number of aromatic amines is 1. The lowest BCUT2D eigenvalue weighted by molar-refractivity contribution is 0.0232. The third kappa shape index (κ3) is 3.75. The predicted molar refractivity (Wildman–Crippen MR) is 114 cm³/mol. The molecule has 0 bridgehead atoms. The van der Waals surface area contributed by atoms with Gasteiger partial charge in [0.15, 0.2) is 5.13 Å². The van der Waals surface area contributed by atoms with Crippen LogP contribution in [0.1, 0.15) is 33.9 Å². The van der Waals surface area contributed by atoms with Crippen molar-refractivity contribution in [3.63, 3.8) is 0 Å². The molecule has 8 heteroatoms. The standard InChI is InChI=1S/C21H25N5O2S/c27-19(17-11-14-3-1-2-4-15(14)24-17)26-10-5-16-18(12-26)29-20(25-16)23-13-21(28)6-8-22-9-7-21/h1-4,11,22,24,28H,5-10,12-13H2,(H,23,25). The summed E-state index contributed by atoms with van der Waals surface area (Å²) in [5.41, 5.74) is 2.00. The van der Waals surface area contributed by atoms with Gasteiger partial charge in [0.2, 0.25) is 0 Å². The number of nitrogens with one attached hydrogen (secondary N) is 3. The van der Waals surface area contributed by atoms with Crippen molar-refractivity contribution in [3.8, 4) is 0 Å². The molecule has 2 aromatic heterocycles. The highest BCUT2D eigenvalue weighted by atomic mass is 32.1. The molecule has 1 saturated heterocycles. The highest BCUT2D eigenvalue weighted by Gasteiger charge is 2.30. The second kappa shape index (κ2) is 7.44. The molecule has 3 aromatic rings. The molecule has 152 valence electrons. The number of hydrogen-bond donors (Lipinski definition) is 4. The van der Waals surface area contributed by atoms with Crippen molar-refractivity contribution in [3.05, 3.63) is 46.6 Å². The third-order valence-electron chi connectivity index (χ3n) is 5.88. The van der Waals surface area contributed by atoms with Crippen LogP contribution in [0.15, 0.2) is 30.3 Å². The molecule has 1 aromatic carbocycles. The highest BCUT2D eigenvalue weighted by molar-refractivity contribution is 7.15. The van der Waals surface area contributed by atoms with Crippen molar-refractivity contribution >= 4 is 33.3 Å². The van der Waals surface area contributed by atoms with Crippen LogP contribution in [0.25, 0.3) is 10.9 Å². The lowest BCUT2D eigenvalue weighted by Crippen LogP contribution is -2.46. The van der Waals surface area contributed by atoms with E-state index < -0.39 is 5.60 Å². The summed E-state index contributed by atoms with van der Waals surface area (Å²) in [6.07, 6.45) is 2.25. The van der Waals surface area contributed by atoms with Crippen molar-refractivity contribution in [2.45, 2.75) is 31.4 Å². The number of para-hydroxylation sites is 1. The number of nitrogens with zero attached hydrogens (tertiary/aromatic N) is 2. The summed E-state index contributed by atoms with van der Waals surface area (Å²) in [6, 6.07) is 9.86. The van der Waals surface area contributed by atoms with Gasteiger partial charge in [-0.3, -0.25) is 4.79 Å². The predicted octanol–water partition coefficient (Wildman–Crippen LogP) is 2.35. The van der Waals surface area contributed by atoms with Crippen LogP contribution in [-0.2, 0) is 13.0 Å². The maximum Gasteiger partial charge on any atom is 0.270 e. The summed E-state index contributed by atoms with van der Waals surface area (Å²) in [5, 5.41) is 19.1. The first-order chi connectivity index (χ1) is 14.1. The fourth-order valence-electron chi connectivity index (χ4n) is 4.11. The minimum Gasteiger partial charge on any atom is -0.388 e. The van der Waals surface area contributed by atoms with E-state index in [2.05, 4.69) is 15.6 Å². The molecule has 1 fully saturated rings. The number of benzene rings is 1. The zero-order chi connectivity index (χ0) is 19.8. The summed E-state index contributed by atoms with van der Waals surface area (Å²) in [6.45, 7) is 3.45. The maximum absolute atomic E-state index is 13.0. The SMILES string of the molecule is O=C(c1cc2ccccc2[nH]1)N1CCc2nc(NCC3(O)CCNCC3)sc2C1. The average molecular weight is 412 g/mol. The number of piperidine rings is 1. The molecule has 2 aliphatic rings. The van der Waals surface area contributed by atoms with E-state index in [0.717, 1.165) is 59.0 Å². The Morgan fingerprint density at radius 1 is 1.31 bits per heavy atom. The van der Waals surface area contributed by atoms with Crippen molar-refractivity contribution in [1.29, 1.82) is 0 Å². The Morgan fingerprint density at radius 3 is 2.97 bits per heavy atom. The molecule has 0 atom stereocenters. The van der Waals surface area contributed by atoms with Crippen LogP contribution in [0, 0.1) is 0 Å². The fraction of sp³-hybridized carbons (Fsp3) is 0.429. The topological polar surface area (TPSA) is 93.3 Å². The Morgan fingerprint density at radius 2 is 2.14 bits per heavy atom. The van der Waals surface area contributed by atoms with Gasteiger partial charge < -0.3 is 25.6 Å². The molecule has 0 unspecified atom stereocenters. The molecule has 4 heterocycles. The maximum atomic E-state index is 13.0. The van der Waals surface area contributed by atoms with E-state index in [9.17, 15) is 9.90 Å². The van der Waals surface area contributed by atoms with Crippen LogP contribution in [0.2, 0.25) is 0 Å². The summed E-state index contributed by atoms with van der Waals surface area (Å²) < 4.78 is 0. The number of anilines is 1. The second-order valence-electron chi connectivity index (χ2n) is 7.96. The van der Waals surface area contributed by atoms with Gasteiger partial charge in [-0.1, -0.05) is 29.5 Å². The van der Waals surface area contributed by atoms with Crippen molar-refractivity contribution < 1.29 is 9.90 Å². The molecular formula is C21H25N5O2S. The number of amides is 1. The number of carbonyl (C=O) groups excluding carboxylic acids is 1. The summed E-state index contributed by atoms with van der Waals surface area (Å²) in [7, 11) is 0. The van der Waals surface area contributed by atoms with E-state index >= 15 is 0 Å². The van der Waals surface area contributed by atoms with E-state index in [1.54, 1.807) is 11.3 Å². The quantitative estimate of drug-likeness (QED) is 0.529. The van der Waals surface area contributed by atoms with Gasteiger partial charge >= 0.3 is 0 Å². The molecule has 1 amide bonds. The van der Waals surface area contributed by atoms with E-state index in [1.165, 1.54) is 0 Å². The number of H-pyrrole nitrogens is 1. The molecular weight excluding hydrogens is 386 g/mol. The van der Waals surface area contributed by atoms with Crippen LogP contribution >= 0.6 is 11.3 Å². The molecule has 0 spiro atoms. The number of rotatable bonds is 4. The van der Waals surface area contributed by atoms with Crippen LogP contribution in [0.5, 0.6) is 0 Å². The van der Waals surface area contributed by atoms with Crippen molar-refractivity contribution in [2.24, 2.45) is 0 Å². The van der Waals surface area contributed by atoms with Crippen LogP contribution in [0.3, 0.4) is 0 Å². The second-order valence-corrected chi connectivity index (χ2v) is 9.05. The minimum atomic E-state index is -0.672. The van der Waals surface area contributed by atoms with Gasteiger partial charge in [-0.2, -0.15) is 0 Å². The largest absolute Gasteiger partial charge is 0.388 e. The number of thiazole rings is 1. The molecule has 5 rings (SSSR count). The van der Waals surface area contributed by atoms with E-state index in [0.29, 0.717) is 25.3 Å². The summed E-state index contributed by atoms with van der Waals surface area (Å²) in [4.78, 5) is 23.9. The Balaban J connectivity index is 1.26. The van der Waals surface area contributed by atoms with Crippen LogP contribution in [-0.4, -0.2) is 57.7 Å². The van der Waals surface area contributed by atoms with E-state index in [-0.39, 0.29) is 5.91 Å². The molecule has 2 aliphatic heterocycles. The first-order valence-electron chi connectivity index (χ1n) is 10.1. The number of hydrogen-bond acceptors (Lipinski definition) is 6. The Kier molecular flexibility index (Phi) is 4.77. The zero-order valence-corrected chi connectivity index (χ0v) is 17.0. The first-order valence-corrected chi connectivity index (χ1v) is 10.9. The Hall–Kier alpha value is -2.42. The van der Waals surface area contributed by atoms with Crippen LogP contribution < -0.4 is 10.6 Å². The highest BCUT2D eigenvalue weighted by Crippen LogP contribution is 2.30. The van der Waals surface area contributed by atoms with Gasteiger partial charge in [-0.25, -0.2) is 4.98 Å². The average Bonchev–Trinajstić information content (AvgIpc) is 3.35. The molecule has 0 aliphatic carbocycles. The van der Waals surface area contributed by atoms with Crippen LogP contribution in [0.4, 0.5) is 5.13 Å². The number of aromatic nitrogens is 2.